The molecule has 0 saturated carbocycles. The van der Waals surface area contributed by atoms with E-state index in [4.69, 9.17) is 0 Å². The molecule has 0 aliphatic rings. The van der Waals surface area contributed by atoms with Crippen LogP contribution < -0.4 is 11.2 Å². The van der Waals surface area contributed by atoms with Crippen LogP contribution in [0.15, 0.2) is 60.0 Å². The number of hydrogen-bond acceptors (Lipinski definition) is 4. The van der Waals surface area contributed by atoms with Crippen molar-refractivity contribution in [2.75, 3.05) is 0 Å². The predicted molar refractivity (Wildman–Crippen MR) is 95.3 cm³/mol. The summed E-state index contributed by atoms with van der Waals surface area (Å²) in [5.41, 5.74) is -0.389. The van der Waals surface area contributed by atoms with Gasteiger partial charge in [-0.3, -0.25) is 4.79 Å². The number of halogens is 2. The van der Waals surface area contributed by atoms with E-state index in [1.54, 1.807) is 36.4 Å². The van der Waals surface area contributed by atoms with Gasteiger partial charge in [0.1, 0.15) is 5.75 Å². The second-order valence-electron chi connectivity index (χ2n) is 4.66. The van der Waals surface area contributed by atoms with Crippen molar-refractivity contribution < 1.29 is 5.11 Å². The van der Waals surface area contributed by atoms with Crippen molar-refractivity contribution in [2.24, 2.45) is 5.10 Å². The summed E-state index contributed by atoms with van der Waals surface area (Å²) in [5, 5.41) is 14.2. The van der Waals surface area contributed by atoms with E-state index in [1.165, 1.54) is 6.21 Å². The molecule has 0 radical (unpaired) electrons. The van der Waals surface area contributed by atoms with Crippen molar-refractivity contribution in [1.29, 1.82) is 0 Å². The van der Waals surface area contributed by atoms with Crippen molar-refractivity contribution in [3.63, 3.8) is 0 Å². The zero-order valence-corrected chi connectivity index (χ0v) is 14.6. The molecule has 2 aromatic carbocycles. The van der Waals surface area contributed by atoms with Crippen molar-refractivity contribution in [2.45, 2.75) is 0 Å². The highest BCUT2D eigenvalue weighted by molar-refractivity contribution is 9.11. The van der Waals surface area contributed by atoms with E-state index in [9.17, 15) is 14.7 Å². The standard InChI is InChI=1S/C15H9Br2N3O3/c16-9-5-8(13(21)11(17)6-9)7-18-20-14(22)10-3-1-2-4-12(10)19-15(20)23/h1-7,21H,(H,19,23)/b18-7+. The number of hydrogen-bond donors (Lipinski definition) is 2. The van der Waals surface area contributed by atoms with Gasteiger partial charge >= 0.3 is 5.69 Å². The van der Waals surface area contributed by atoms with Crippen LogP contribution >= 0.6 is 31.9 Å². The van der Waals surface area contributed by atoms with E-state index < -0.39 is 11.2 Å². The number of para-hydroxylation sites is 1. The van der Waals surface area contributed by atoms with Crippen LogP contribution in [-0.2, 0) is 0 Å². The van der Waals surface area contributed by atoms with Gasteiger partial charge in [-0.1, -0.05) is 28.1 Å². The Morgan fingerprint density at radius 3 is 2.70 bits per heavy atom. The molecular formula is C15H9Br2N3O3. The largest absolute Gasteiger partial charge is 0.506 e. The molecule has 0 fully saturated rings. The van der Waals surface area contributed by atoms with Crippen LogP contribution in [0.2, 0.25) is 0 Å². The molecule has 23 heavy (non-hydrogen) atoms. The number of rotatable bonds is 2. The summed E-state index contributed by atoms with van der Waals surface area (Å²) in [6.45, 7) is 0. The molecule has 0 aliphatic carbocycles. The summed E-state index contributed by atoms with van der Waals surface area (Å²) < 4.78 is 1.90. The van der Waals surface area contributed by atoms with Gasteiger partial charge in [-0.05, 0) is 40.2 Å². The van der Waals surface area contributed by atoms with Crippen LogP contribution in [0.1, 0.15) is 5.56 Å². The number of phenols is 1. The maximum absolute atomic E-state index is 12.3. The molecule has 2 N–H and O–H groups in total. The van der Waals surface area contributed by atoms with Gasteiger partial charge in [0.2, 0.25) is 0 Å². The van der Waals surface area contributed by atoms with Crippen molar-refractivity contribution in [3.05, 3.63) is 71.7 Å². The van der Waals surface area contributed by atoms with Gasteiger partial charge in [-0.2, -0.15) is 5.10 Å². The molecule has 0 bridgehead atoms. The van der Waals surface area contributed by atoms with Gasteiger partial charge in [0, 0.05) is 10.0 Å². The first-order chi connectivity index (χ1) is 11.0. The fraction of sp³-hybridized carbons (Fsp3) is 0. The van der Waals surface area contributed by atoms with E-state index in [0.29, 0.717) is 25.4 Å². The molecule has 3 rings (SSSR count). The van der Waals surface area contributed by atoms with E-state index in [-0.39, 0.29) is 5.75 Å². The monoisotopic (exact) mass is 437 g/mol. The highest BCUT2D eigenvalue weighted by atomic mass is 79.9. The maximum atomic E-state index is 12.3. The van der Waals surface area contributed by atoms with Crippen LogP contribution in [0.5, 0.6) is 5.75 Å². The van der Waals surface area contributed by atoms with Crippen molar-refractivity contribution in [1.82, 2.24) is 9.66 Å². The number of fused-ring (bicyclic) bond motifs is 1. The van der Waals surface area contributed by atoms with Gasteiger partial charge in [0.05, 0.1) is 21.6 Å². The molecule has 6 nitrogen and oxygen atoms in total. The predicted octanol–water partition coefficient (Wildman–Crippen LogP) is 2.80. The van der Waals surface area contributed by atoms with Gasteiger partial charge in [0.15, 0.2) is 0 Å². The van der Waals surface area contributed by atoms with Crippen LogP contribution in [0, 0.1) is 0 Å². The van der Waals surface area contributed by atoms with Gasteiger partial charge in [-0.15, -0.1) is 4.68 Å². The van der Waals surface area contributed by atoms with E-state index >= 15 is 0 Å². The van der Waals surface area contributed by atoms with E-state index in [2.05, 4.69) is 41.9 Å². The molecule has 0 unspecified atom stereocenters. The quantitative estimate of drug-likeness (QED) is 0.603. The fourth-order valence-corrected chi connectivity index (χ4v) is 3.32. The second-order valence-corrected chi connectivity index (χ2v) is 6.43. The first-order valence-electron chi connectivity index (χ1n) is 6.44. The van der Waals surface area contributed by atoms with Crippen LogP contribution in [0.25, 0.3) is 10.9 Å². The number of aromatic hydroxyl groups is 1. The van der Waals surface area contributed by atoms with Crippen LogP contribution in [-0.4, -0.2) is 21.0 Å². The molecule has 0 saturated heterocycles. The molecule has 3 aromatic rings. The minimum absolute atomic E-state index is 0.0396. The van der Waals surface area contributed by atoms with E-state index in [1.807, 2.05) is 0 Å². The van der Waals surface area contributed by atoms with Gasteiger partial charge in [0.25, 0.3) is 5.56 Å². The lowest BCUT2D eigenvalue weighted by atomic mass is 10.2. The minimum Gasteiger partial charge on any atom is -0.506 e. The normalized spacial score (nSPS) is 11.4. The number of aromatic nitrogens is 2. The first-order valence-corrected chi connectivity index (χ1v) is 8.02. The molecular weight excluding hydrogens is 430 g/mol. The highest BCUT2D eigenvalue weighted by Crippen LogP contribution is 2.30. The summed E-state index contributed by atoms with van der Waals surface area (Å²) in [4.78, 5) is 26.9. The molecule has 0 atom stereocenters. The summed E-state index contributed by atoms with van der Waals surface area (Å²) in [6, 6.07) is 9.96. The Balaban J connectivity index is 2.16. The van der Waals surface area contributed by atoms with Gasteiger partial charge < -0.3 is 10.1 Å². The molecule has 0 spiro atoms. The fourth-order valence-electron chi connectivity index (χ4n) is 2.06. The Bertz CT molecular complexity index is 1050. The van der Waals surface area contributed by atoms with Crippen LogP contribution in [0.3, 0.4) is 0 Å². The SMILES string of the molecule is O=c1[nH]c2ccccc2c(=O)n1/N=C/c1cc(Br)cc(Br)c1O. The molecule has 1 heterocycles. The number of benzene rings is 2. The average Bonchev–Trinajstić information content (AvgIpc) is 2.51. The van der Waals surface area contributed by atoms with Crippen molar-refractivity contribution >= 4 is 49.0 Å². The second kappa shape index (κ2) is 6.13. The third kappa shape index (κ3) is 2.99. The number of nitrogens with one attached hydrogen (secondary N) is 1. The number of H-pyrrole nitrogens is 1. The maximum Gasteiger partial charge on any atom is 0.349 e. The lowest BCUT2D eigenvalue weighted by Gasteiger charge is -2.03. The summed E-state index contributed by atoms with van der Waals surface area (Å²) in [5.74, 6) is -0.0396. The Kier molecular flexibility index (Phi) is 4.18. The zero-order chi connectivity index (χ0) is 16.6. The Morgan fingerprint density at radius 2 is 1.91 bits per heavy atom. The molecule has 1 aromatic heterocycles. The smallest absolute Gasteiger partial charge is 0.349 e. The molecule has 0 aliphatic heterocycles. The average molecular weight is 439 g/mol. The van der Waals surface area contributed by atoms with Gasteiger partial charge in [-0.25, -0.2) is 4.79 Å². The Morgan fingerprint density at radius 1 is 1.17 bits per heavy atom. The summed E-state index contributed by atoms with van der Waals surface area (Å²) >= 11 is 6.50. The topological polar surface area (TPSA) is 87.5 Å². The number of aromatic amines is 1. The molecule has 8 heteroatoms. The van der Waals surface area contributed by atoms with Crippen LogP contribution in [0.4, 0.5) is 0 Å². The number of phenolic OH excluding ortho intramolecular Hbond substituents is 1. The van der Waals surface area contributed by atoms with Crippen molar-refractivity contribution in [3.8, 4) is 5.75 Å². The highest BCUT2D eigenvalue weighted by Gasteiger charge is 2.08. The summed E-state index contributed by atoms with van der Waals surface area (Å²) in [7, 11) is 0. The third-order valence-corrected chi connectivity index (χ3v) is 4.22. The molecule has 0 amide bonds. The van der Waals surface area contributed by atoms with E-state index in [0.717, 1.165) is 4.68 Å². The molecule has 116 valence electrons. The lowest BCUT2D eigenvalue weighted by molar-refractivity contribution is 0.471. The Labute approximate surface area is 146 Å². The summed E-state index contributed by atoms with van der Waals surface area (Å²) in [6.07, 6.45) is 1.25. The number of nitrogens with zero attached hydrogens (tertiary/aromatic N) is 2. The first kappa shape index (κ1) is 15.7. The minimum atomic E-state index is -0.654. The third-order valence-electron chi connectivity index (χ3n) is 3.15. The Hall–Kier alpha value is -2.19. The lowest BCUT2D eigenvalue weighted by Crippen LogP contribution is -2.32. The zero-order valence-electron chi connectivity index (χ0n) is 11.5.